The molecule has 1 aromatic carbocycles. The van der Waals surface area contributed by atoms with Crippen molar-refractivity contribution >= 4 is 27.1 Å². The monoisotopic (exact) mass is 508 g/mol. The third-order valence-electron chi connectivity index (χ3n) is 5.70. The molecule has 0 atom stereocenters. The van der Waals surface area contributed by atoms with Crippen LogP contribution in [0.4, 0.5) is 4.39 Å². The Bertz CT molecular complexity index is 1420. The molecule has 0 spiro atoms. The summed E-state index contributed by atoms with van der Waals surface area (Å²) in [6.07, 6.45) is 4.69. The van der Waals surface area contributed by atoms with Gasteiger partial charge < -0.3 is 9.13 Å². The van der Waals surface area contributed by atoms with Crippen molar-refractivity contribution in [3.05, 3.63) is 70.0 Å². The first-order valence-electron chi connectivity index (χ1n) is 10.8. The number of tetrazole rings is 1. The highest BCUT2D eigenvalue weighted by molar-refractivity contribution is 9.10. The summed E-state index contributed by atoms with van der Waals surface area (Å²) in [5.41, 5.74) is 4.66. The molecule has 0 radical (unpaired) electrons. The third-order valence-corrected chi connectivity index (χ3v) is 6.32. The highest BCUT2D eigenvalue weighted by Gasteiger charge is 2.18. The number of aryl methyl sites for hydroxylation is 2. The van der Waals surface area contributed by atoms with Crippen LogP contribution in [0.15, 0.2) is 47.2 Å². The molecule has 1 N–H and O–H groups in total. The van der Waals surface area contributed by atoms with Crippen molar-refractivity contribution in [1.29, 1.82) is 0 Å². The van der Waals surface area contributed by atoms with Crippen molar-refractivity contribution in [1.82, 2.24) is 39.7 Å². The lowest BCUT2D eigenvalue weighted by atomic mass is 10.1. The second-order valence-electron chi connectivity index (χ2n) is 7.91. The van der Waals surface area contributed by atoms with Gasteiger partial charge in [-0.3, -0.25) is 0 Å². The highest BCUT2D eigenvalue weighted by atomic mass is 79.9. The number of benzene rings is 1. The summed E-state index contributed by atoms with van der Waals surface area (Å²) in [5, 5.41) is 14.2. The van der Waals surface area contributed by atoms with E-state index in [1.807, 2.05) is 46.4 Å². The van der Waals surface area contributed by atoms with Crippen LogP contribution in [0, 0.1) is 12.7 Å². The summed E-state index contributed by atoms with van der Waals surface area (Å²) in [5.74, 6) is 1.06. The maximum atomic E-state index is 15.4. The molecule has 10 heteroatoms. The predicted molar refractivity (Wildman–Crippen MR) is 127 cm³/mol. The molecule has 0 bridgehead atoms. The van der Waals surface area contributed by atoms with E-state index in [9.17, 15) is 0 Å². The molecular weight excluding hydrogens is 487 g/mol. The molecule has 5 rings (SSSR count). The van der Waals surface area contributed by atoms with Gasteiger partial charge in [-0.2, -0.15) is 5.21 Å². The van der Waals surface area contributed by atoms with Gasteiger partial charge in [-0.15, -0.1) is 10.2 Å². The first-order chi connectivity index (χ1) is 16.1. The molecular formula is C23H22BrFN8. The Morgan fingerprint density at radius 1 is 1.15 bits per heavy atom. The lowest BCUT2D eigenvalue weighted by Crippen LogP contribution is -2.08. The molecule has 0 amide bonds. The summed E-state index contributed by atoms with van der Waals surface area (Å²) in [4.78, 5) is 9.38. The van der Waals surface area contributed by atoms with E-state index in [4.69, 9.17) is 4.98 Å². The fourth-order valence-electron chi connectivity index (χ4n) is 3.97. The Kier molecular flexibility index (Phi) is 5.76. The smallest absolute Gasteiger partial charge is 0.221 e. The number of rotatable bonds is 7. The number of nitrogens with zero attached hydrogens (tertiary/aromatic N) is 7. The second kappa shape index (κ2) is 8.86. The molecule has 0 saturated heterocycles. The van der Waals surface area contributed by atoms with Crippen LogP contribution >= 0.6 is 15.9 Å². The quantitative estimate of drug-likeness (QED) is 0.334. The zero-order chi connectivity index (χ0) is 22.9. The molecule has 33 heavy (non-hydrogen) atoms. The molecule has 8 nitrogen and oxygen atoms in total. The van der Waals surface area contributed by atoms with Crippen LogP contribution in [0.2, 0.25) is 0 Å². The van der Waals surface area contributed by atoms with Crippen molar-refractivity contribution in [3.63, 3.8) is 0 Å². The van der Waals surface area contributed by atoms with E-state index < -0.39 is 0 Å². The van der Waals surface area contributed by atoms with Gasteiger partial charge in [0.05, 0.1) is 16.8 Å². The van der Waals surface area contributed by atoms with Crippen molar-refractivity contribution in [2.75, 3.05) is 0 Å². The van der Waals surface area contributed by atoms with Gasteiger partial charge in [-0.1, -0.05) is 19.4 Å². The van der Waals surface area contributed by atoms with E-state index in [-0.39, 0.29) is 5.82 Å². The van der Waals surface area contributed by atoms with Gasteiger partial charge >= 0.3 is 0 Å². The predicted octanol–water partition coefficient (Wildman–Crippen LogP) is 5.00. The normalized spacial score (nSPS) is 11.5. The molecule has 0 aliphatic heterocycles. The van der Waals surface area contributed by atoms with Crippen molar-refractivity contribution in [3.8, 4) is 17.2 Å². The van der Waals surface area contributed by atoms with Gasteiger partial charge in [0.15, 0.2) is 5.65 Å². The molecule has 0 fully saturated rings. The minimum absolute atomic E-state index is 0.303. The second-order valence-corrected chi connectivity index (χ2v) is 8.72. The van der Waals surface area contributed by atoms with Gasteiger partial charge in [0, 0.05) is 23.9 Å². The van der Waals surface area contributed by atoms with E-state index in [1.165, 1.54) is 6.07 Å². The largest absolute Gasteiger partial charge is 0.308 e. The minimum atomic E-state index is -0.303. The van der Waals surface area contributed by atoms with Crippen molar-refractivity contribution in [2.24, 2.45) is 0 Å². The van der Waals surface area contributed by atoms with E-state index >= 15 is 4.39 Å². The van der Waals surface area contributed by atoms with Crippen LogP contribution in [0.5, 0.6) is 0 Å². The number of aromatic amines is 1. The Balaban J connectivity index is 1.53. The van der Waals surface area contributed by atoms with E-state index in [0.29, 0.717) is 29.3 Å². The standard InChI is InChI=1S/C23H22BrFN8/c1-3-4-5-20-27-21-14(2)10-11-26-23(21)32(20)13-15-6-7-16(12-17(15)25)33-18(8-9-19(33)24)22-28-30-31-29-22/h6-12H,3-5,13H2,1-2H3,(H,28,29,30,31). The number of nitrogens with one attached hydrogen (secondary N) is 1. The Morgan fingerprint density at radius 2 is 2.03 bits per heavy atom. The molecule has 4 heterocycles. The summed E-state index contributed by atoms with van der Waals surface area (Å²) in [6.45, 7) is 4.54. The maximum absolute atomic E-state index is 15.4. The molecule has 0 aliphatic rings. The van der Waals surface area contributed by atoms with Gasteiger partial charge in [0.25, 0.3) is 0 Å². The van der Waals surface area contributed by atoms with Crippen molar-refractivity contribution in [2.45, 2.75) is 39.7 Å². The number of H-pyrrole nitrogens is 1. The number of hydrogen-bond donors (Lipinski definition) is 1. The van der Waals surface area contributed by atoms with E-state index in [1.54, 1.807) is 6.20 Å². The van der Waals surface area contributed by atoms with Gasteiger partial charge in [0.2, 0.25) is 5.82 Å². The Hall–Kier alpha value is -3.40. The third kappa shape index (κ3) is 3.95. The summed E-state index contributed by atoms with van der Waals surface area (Å²) >= 11 is 3.53. The van der Waals surface area contributed by atoms with Crippen LogP contribution < -0.4 is 0 Å². The lowest BCUT2D eigenvalue weighted by Gasteiger charge is -2.13. The highest BCUT2D eigenvalue weighted by Crippen LogP contribution is 2.29. The van der Waals surface area contributed by atoms with E-state index in [0.717, 1.165) is 46.4 Å². The lowest BCUT2D eigenvalue weighted by molar-refractivity contribution is 0.593. The number of aromatic nitrogens is 8. The Labute approximate surface area is 198 Å². The average Bonchev–Trinajstić information content (AvgIpc) is 3.54. The SMILES string of the molecule is CCCCc1nc2c(C)ccnc2n1Cc1ccc(-n2c(Br)ccc2-c2nn[nH]n2)cc1F. The number of fused-ring (bicyclic) bond motifs is 1. The Morgan fingerprint density at radius 3 is 2.79 bits per heavy atom. The fourth-order valence-corrected chi connectivity index (χ4v) is 4.50. The average molecular weight is 509 g/mol. The summed E-state index contributed by atoms with van der Waals surface area (Å²) in [6, 6.07) is 10.9. The number of hydrogen-bond acceptors (Lipinski definition) is 5. The van der Waals surface area contributed by atoms with Gasteiger partial charge in [0.1, 0.15) is 17.2 Å². The van der Waals surface area contributed by atoms with Crippen LogP contribution in [-0.2, 0) is 13.0 Å². The van der Waals surface area contributed by atoms with E-state index in [2.05, 4.69) is 48.5 Å². The first-order valence-corrected chi connectivity index (χ1v) is 11.6. The zero-order valence-electron chi connectivity index (χ0n) is 18.3. The number of halogens is 2. The topological polar surface area (TPSA) is 90.1 Å². The maximum Gasteiger partial charge on any atom is 0.221 e. The van der Waals surface area contributed by atoms with Crippen LogP contribution in [0.3, 0.4) is 0 Å². The van der Waals surface area contributed by atoms with Crippen LogP contribution in [0.25, 0.3) is 28.4 Å². The first kappa shape index (κ1) is 21.4. The van der Waals surface area contributed by atoms with Crippen LogP contribution in [0.1, 0.15) is 36.7 Å². The fraction of sp³-hybridized carbons (Fsp3) is 0.261. The van der Waals surface area contributed by atoms with Gasteiger partial charge in [-0.25, -0.2) is 14.4 Å². The summed E-state index contributed by atoms with van der Waals surface area (Å²) < 4.78 is 20.0. The van der Waals surface area contributed by atoms with Crippen molar-refractivity contribution < 1.29 is 4.39 Å². The summed E-state index contributed by atoms with van der Waals surface area (Å²) in [7, 11) is 0. The number of unbranched alkanes of at least 4 members (excludes halogenated alkanes) is 1. The minimum Gasteiger partial charge on any atom is -0.308 e. The molecule has 168 valence electrons. The zero-order valence-corrected chi connectivity index (χ0v) is 19.8. The molecule has 0 unspecified atom stereocenters. The molecule has 0 saturated carbocycles. The number of imidazole rings is 1. The molecule has 0 aliphatic carbocycles. The number of pyridine rings is 1. The molecule has 4 aromatic heterocycles. The van der Waals surface area contributed by atoms with Gasteiger partial charge in [-0.05, 0) is 70.4 Å². The molecule has 5 aromatic rings. The van der Waals surface area contributed by atoms with Crippen LogP contribution in [-0.4, -0.2) is 39.7 Å².